The first-order valence-corrected chi connectivity index (χ1v) is 6.69. The third-order valence-electron chi connectivity index (χ3n) is 3.56. The number of carboxylic acid groups (broad SMARTS) is 1. The second-order valence-corrected chi connectivity index (χ2v) is 5.80. The zero-order chi connectivity index (χ0) is 14.8. The van der Waals surface area contributed by atoms with E-state index in [2.05, 4.69) is 12.2 Å². The summed E-state index contributed by atoms with van der Waals surface area (Å²) in [6.07, 6.45) is 4.89. The highest BCUT2D eigenvalue weighted by Crippen LogP contribution is 2.44. The Hall–Kier alpha value is -2.10. The van der Waals surface area contributed by atoms with E-state index in [9.17, 15) is 9.59 Å². The summed E-state index contributed by atoms with van der Waals surface area (Å²) in [5, 5.41) is 11.6. The van der Waals surface area contributed by atoms with Gasteiger partial charge < -0.3 is 10.4 Å². The summed E-state index contributed by atoms with van der Waals surface area (Å²) in [6, 6.07) is 5.36. The Morgan fingerprint density at radius 1 is 1.35 bits per heavy atom. The van der Waals surface area contributed by atoms with E-state index in [1.807, 2.05) is 19.1 Å². The lowest BCUT2D eigenvalue weighted by atomic mass is 10.0. The Kier molecular flexibility index (Phi) is 3.93. The maximum absolute atomic E-state index is 12.1. The molecular formula is C16H19NO3. The van der Waals surface area contributed by atoms with Crippen LogP contribution in [0.1, 0.15) is 41.3 Å². The molecule has 0 heterocycles. The van der Waals surface area contributed by atoms with Crippen LogP contribution < -0.4 is 5.32 Å². The Balaban J connectivity index is 2.10. The number of aliphatic carboxylic acids is 1. The van der Waals surface area contributed by atoms with E-state index in [1.165, 1.54) is 6.08 Å². The summed E-state index contributed by atoms with van der Waals surface area (Å²) in [4.78, 5) is 22.6. The van der Waals surface area contributed by atoms with E-state index < -0.39 is 5.97 Å². The predicted octanol–water partition coefficient (Wildman–Crippen LogP) is 2.62. The van der Waals surface area contributed by atoms with E-state index in [-0.39, 0.29) is 11.3 Å². The average Bonchev–Trinajstić information content (AvgIpc) is 3.11. The fraction of sp³-hybridized carbons (Fsp3) is 0.375. The van der Waals surface area contributed by atoms with Gasteiger partial charge in [-0.3, -0.25) is 4.79 Å². The van der Waals surface area contributed by atoms with E-state index in [0.29, 0.717) is 12.1 Å². The zero-order valence-corrected chi connectivity index (χ0v) is 11.8. The zero-order valence-electron chi connectivity index (χ0n) is 11.8. The van der Waals surface area contributed by atoms with Crippen molar-refractivity contribution < 1.29 is 14.7 Å². The van der Waals surface area contributed by atoms with Gasteiger partial charge in [-0.05, 0) is 54.5 Å². The van der Waals surface area contributed by atoms with Crippen LogP contribution in [0.2, 0.25) is 0 Å². The highest BCUT2D eigenvalue weighted by atomic mass is 16.4. The van der Waals surface area contributed by atoms with E-state index in [0.717, 1.165) is 30.0 Å². The summed E-state index contributed by atoms with van der Waals surface area (Å²) in [5.74, 6) is -1.11. The van der Waals surface area contributed by atoms with E-state index in [1.54, 1.807) is 6.07 Å². The van der Waals surface area contributed by atoms with E-state index in [4.69, 9.17) is 5.11 Å². The van der Waals surface area contributed by atoms with Crippen LogP contribution in [-0.4, -0.2) is 23.5 Å². The molecule has 4 nitrogen and oxygen atoms in total. The Bertz CT molecular complexity index is 571. The van der Waals surface area contributed by atoms with Crippen LogP contribution in [0.15, 0.2) is 24.3 Å². The van der Waals surface area contributed by atoms with Gasteiger partial charge in [0, 0.05) is 18.2 Å². The quantitative estimate of drug-likeness (QED) is 0.810. The van der Waals surface area contributed by atoms with Gasteiger partial charge >= 0.3 is 5.97 Å². The first-order valence-electron chi connectivity index (χ1n) is 6.69. The molecule has 0 aliphatic heterocycles. The van der Waals surface area contributed by atoms with Gasteiger partial charge in [-0.25, -0.2) is 4.79 Å². The van der Waals surface area contributed by atoms with Crippen LogP contribution in [0.25, 0.3) is 6.08 Å². The van der Waals surface area contributed by atoms with Crippen LogP contribution in [0.5, 0.6) is 0 Å². The summed E-state index contributed by atoms with van der Waals surface area (Å²) in [5.41, 5.74) is 2.49. The third-order valence-corrected chi connectivity index (χ3v) is 3.56. The minimum Gasteiger partial charge on any atom is -0.478 e. The summed E-state index contributed by atoms with van der Waals surface area (Å²) in [7, 11) is 0. The van der Waals surface area contributed by atoms with Gasteiger partial charge in [-0.2, -0.15) is 0 Å². The summed E-state index contributed by atoms with van der Waals surface area (Å²) >= 11 is 0. The number of nitrogens with one attached hydrogen (secondary N) is 1. The number of rotatable bonds is 5. The number of carbonyl (C=O) groups excluding carboxylic acids is 1. The standard InChI is InChI=1S/C16H19NO3/c1-11-7-12(3-4-14(18)19)9-13(8-11)15(20)17-10-16(2)5-6-16/h3-4,7-9H,5-6,10H2,1-2H3,(H,17,20)(H,18,19)/b4-3+. The molecule has 2 N–H and O–H groups in total. The molecule has 4 heteroatoms. The normalized spacial score (nSPS) is 16.1. The molecule has 1 aliphatic rings. The van der Waals surface area contributed by atoms with Crippen molar-refractivity contribution in [1.29, 1.82) is 0 Å². The van der Waals surface area contributed by atoms with Crippen LogP contribution in [0, 0.1) is 12.3 Å². The maximum Gasteiger partial charge on any atom is 0.328 e. The molecule has 1 aromatic rings. The SMILES string of the molecule is Cc1cc(/C=C/C(=O)O)cc(C(=O)NCC2(C)CC2)c1. The number of benzene rings is 1. The van der Waals surface area contributed by atoms with Gasteiger partial charge in [0.25, 0.3) is 5.91 Å². The number of carbonyl (C=O) groups is 2. The van der Waals surface area contributed by atoms with Crippen LogP contribution >= 0.6 is 0 Å². The van der Waals surface area contributed by atoms with Crippen molar-refractivity contribution in [2.75, 3.05) is 6.54 Å². The van der Waals surface area contributed by atoms with Crippen molar-refractivity contribution in [2.45, 2.75) is 26.7 Å². The lowest BCUT2D eigenvalue weighted by molar-refractivity contribution is -0.131. The van der Waals surface area contributed by atoms with Crippen LogP contribution in [0.3, 0.4) is 0 Å². The average molecular weight is 273 g/mol. The highest BCUT2D eigenvalue weighted by molar-refractivity contribution is 5.95. The smallest absolute Gasteiger partial charge is 0.328 e. The number of aryl methyl sites for hydroxylation is 1. The summed E-state index contributed by atoms with van der Waals surface area (Å²) < 4.78 is 0. The van der Waals surface area contributed by atoms with Crippen molar-refractivity contribution in [1.82, 2.24) is 5.32 Å². The van der Waals surface area contributed by atoms with Crippen molar-refractivity contribution in [3.05, 3.63) is 41.0 Å². The van der Waals surface area contributed by atoms with E-state index >= 15 is 0 Å². The van der Waals surface area contributed by atoms with Gasteiger partial charge in [0.2, 0.25) is 0 Å². The molecular weight excluding hydrogens is 254 g/mol. The molecule has 0 bridgehead atoms. The molecule has 1 fully saturated rings. The van der Waals surface area contributed by atoms with Gasteiger partial charge in [0.05, 0.1) is 0 Å². The Morgan fingerprint density at radius 2 is 2.05 bits per heavy atom. The predicted molar refractivity (Wildman–Crippen MR) is 77.5 cm³/mol. The van der Waals surface area contributed by atoms with Gasteiger partial charge in [0.1, 0.15) is 0 Å². The number of amides is 1. The maximum atomic E-state index is 12.1. The fourth-order valence-electron chi connectivity index (χ4n) is 1.99. The van der Waals surface area contributed by atoms with Gasteiger partial charge in [0.15, 0.2) is 0 Å². The Labute approximate surface area is 118 Å². The minimum atomic E-state index is -1.00. The third kappa shape index (κ3) is 3.95. The first kappa shape index (κ1) is 14.3. The Morgan fingerprint density at radius 3 is 2.65 bits per heavy atom. The first-order chi connectivity index (χ1) is 9.38. The topological polar surface area (TPSA) is 66.4 Å². The molecule has 20 heavy (non-hydrogen) atoms. The minimum absolute atomic E-state index is 0.105. The summed E-state index contributed by atoms with van der Waals surface area (Å²) in [6.45, 7) is 4.74. The number of hydrogen-bond donors (Lipinski definition) is 2. The van der Waals surface area contributed by atoms with Crippen molar-refractivity contribution in [3.8, 4) is 0 Å². The lowest BCUT2D eigenvalue weighted by Gasteiger charge is -2.11. The van der Waals surface area contributed by atoms with Crippen LogP contribution in [-0.2, 0) is 4.79 Å². The van der Waals surface area contributed by atoms with Crippen molar-refractivity contribution in [2.24, 2.45) is 5.41 Å². The highest BCUT2D eigenvalue weighted by Gasteiger charge is 2.37. The van der Waals surface area contributed by atoms with Gasteiger partial charge in [-0.1, -0.05) is 13.0 Å². The number of carboxylic acids is 1. The molecule has 1 saturated carbocycles. The molecule has 0 spiro atoms. The molecule has 2 rings (SSSR count). The van der Waals surface area contributed by atoms with Crippen LogP contribution in [0.4, 0.5) is 0 Å². The lowest BCUT2D eigenvalue weighted by Crippen LogP contribution is -2.29. The molecule has 1 aromatic carbocycles. The molecule has 106 valence electrons. The molecule has 0 radical (unpaired) electrons. The monoisotopic (exact) mass is 273 g/mol. The largest absolute Gasteiger partial charge is 0.478 e. The van der Waals surface area contributed by atoms with Crippen molar-refractivity contribution >= 4 is 18.0 Å². The second kappa shape index (κ2) is 5.49. The van der Waals surface area contributed by atoms with Gasteiger partial charge in [-0.15, -0.1) is 0 Å². The molecule has 0 saturated heterocycles. The molecule has 0 unspecified atom stereocenters. The molecule has 0 atom stereocenters. The second-order valence-electron chi connectivity index (χ2n) is 5.80. The molecule has 0 aromatic heterocycles. The molecule has 1 aliphatic carbocycles. The number of hydrogen-bond acceptors (Lipinski definition) is 2. The fourth-order valence-corrected chi connectivity index (χ4v) is 1.99. The molecule has 1 amide bonds. The van der Waals surface area contributed by atoms with Crippen molar-refractivity contribution in [3.63, 3.8) is 0 Å².